The third-order valence-corrected chi connectivity index (χ3v) is 4.78. The number of nitro benzene ring substituents is 1. The lowest BCUT2D eigenvalue weighted by Crippen LogP contribution is -2.21. The number of hydrogen-bond acceptors (Lipinski definition) is 6. The molecule has 0 saturated heterocycles. The van der Waals surface area contributed by atoms with Crippen LogP contribution < -0.4 is 10.1 Å². The van der Waals surface area contributed by atoms with Crippen molar-refractivity contribution >= 4 is 34.9 Å². The maximum atomic E-state index is 12.5. The first-order valence-electron chi connectivity index (χ1n) is 9.52. The summed E-state index contributed by atoms with van der Waals surface area (Å²) in [6, 6.07) is 18.0. The fourth-order valence-electron chi connectivity index (χ4n) is 2.83. The van der Waals surface area contributed by atoms with Crippen LogP contribution in [0.3, 0.4) is 0 Å². The molecule has 32 heavy (non-hydrogen) atoms. The van der Waals surface area contributed by atoms with Gasteiger partial charge in [0.25, 0.3) is 11.6 Å². The van der Waals surface area contributed by atoms with Crippen LogP contribution in [0.25, 0.3) is 0 Å². The van der Waals surface area contributed by atoms with Crippen molar-refractivity contribution in [2.24, 2.45) is 0 Å². The average Bonchev–Trinajstić information content (AvgIpc) is 2.78. The van der Waals surface area contributed by atoms with Gasteiger partial charge in [-0.25, -0.2) is 4.79 Å². The minimum Gasteiger partial charge on any atom is -0.488 e. The number of anilines is 1. The van der Waals surface area contributed by atoms with Crippen molar-refractivity contribution < 1.29 is 24.0 Å². The molecule has 3 rings (SSSR count). The summed E-state index contributed by atoms with van der Waals surface area (Å²) in [6.07, 6.45) is 0. The summed E-state index contributed by atoms with van der Waals surface area (Å²) in [5.74, 6) is -1.21. The number of rotatable bonds is 8. The number of carbonyl (C=O) groups excluding carboxylic acids is 2. The van der Waals surface area contributed by atoms with Gasteiger partial charge in [0.05, 0.1) is 4.92 Å². The van der Waals surface area contributed by atoms with Crippen molar-refractivity contribution in [1.29, 1.82) is 0 Å². The van der Waals surface area contributed by atoms with Crippen LogP contribution in [0.4, 0.5) is 11.4 Å². The fourth-order valence-corrected chi connectivity index (χ4v) is 3.02. The molecule has 3 aromatic rings. The zero-order valence-electron chi connectivity index (χ0n) is 17.0. The SMILES string of the molecule is Cc1ccc(NC(=O)COC(=O)c2ccccc2OCc2ccccc2Cl)c([N+](=O)[O-])c1. The first-order chi connectivity index (χ1) is 15.3. The van der Waals surface area contributed by atoms with Gasteiger partial charge in [-0.1, -0.05) is 48.0 Å². The molecule has 0 saturated carbocycles. The highest BCUT2D eigenvalue weighted by Crippen LogP contribution is 2.26. The highest BCUT2D eigenvalue weighted by Gasteiger charge is 2.19. The Kier molecular flexibility index (Phi) is 7.41. The van der Waals surface area contributed by atoms with Crippen LogP contribution >= 0.6 is 11.6 Å². The summed E-state index contributed by atoms with van der Waals surface area (Å²) in [5.41, 5.74) is 1.33. The predicted octanol–water partition coefficient (Wildman–Crippen LogP) is 4.93. The van der Waals surface area contributed by atoms with Gasteiger partial charge in [0, 0.05) is 16.7 Å². The zero-order valence-corrected chi connectivity index (χ0v) is 17.8. The highest BCUT2D eigenvalue weighted by molar-refractivity contribution is 6.31. The van der Waals surface area contributed by atoms with Gasteiger partial charge >= 0.3 is 5.97 Å². The number of nitrogens with one attached hydrogen (secondary N) is 1. The quantitative estimate of drug-likeness (QED) is 0.293. The smallest absolute Gasteiger partial charge is 0.342 e. The summed E-state index contributed by atoms with van der Waals surface area (Å²) in [4.78, 5) is 35.3. The largest absolute Gasteiger partial charge is 0.488 e. The number of nitrogens with zero attached hydrogens (tertiary/aromatic N) is 1. The van der Waals surface area contributed by atoms with Gasteiger partial charge in [-0.2, -0.15) is 0 Å². The minimum absolute atomic E-state index is 0.0186. The number of carbonyl (C=O) groups is 2. The molecule has 8 nitrogen and oxygen atoms in total. The second kappa shape index (κ2) is 10.4. The van der Waals surface area contributed by atoms with Gasteiger partial charge in [-0.15, -0.1) is 0 Å². The number of aryl methyl sites for hydroxylation is 1. The van der Waals surface area contributed by atoms with Gasteiger partial charge in [-0.05, 0) is 36.8 Å². The third kappa shape index (κ3) is 5.83. The predicted molar refractivity (Wildman–Crippen MR) is 119 cm³/mol. The molecular weight excluding hydrogens is 436 g/mol. The van der Waals surface area contributed by atoms with E-state index in [-0.39, 0.29) is 29.3 Å². The van der Waals surface area contributed by atoms with E-state index in [4.69, 9.17) is 21.1 Å². The minimum atomic E-state index is -0.770. The van der Waals surface area contributed by atoms with Crippen LogP contribution in [0.15, 0.2) is 66.7 Å². The molecule has 1 N–H and O–H groups in total. The summed E-state index contributed by atoms with van der Waals surface area (Å²) >= 11 is 6.12. The van der Waals surface area contributed by atoms with Crippen LogP contribution in [0.1, 0.15) is 21.5 Å². The van der Waals surface area contributed by atoms with E-state index in [0.717, 1.165) is 5.56 Å². The zero-order chi connectivity index (χ0) is 23.1. The van der Waals surface area contributed by atoms with Crippen LogP contribution in [-0.2, 0) is 16.1 Å². The van der Waals surface area contributed by atoms with Crippen LogP contribution in [-0.4, -0.2) is 23.4 Å². The van der Waals surface area contributed by atoms with Gasteiger partial charge in [-0.3, -0.25) is 14.9 Å². The lowest BCUT2D eigenvalue weighted by Gasteiger charge is -2.12. The Morgan fingerprint density at radius 1 is 1.06 bits per heavy atom. The highest BCUT2D eigenvalue weighted by atomic mass is 35.5. The molecule has 0 aliphatic carbocycles. The molecule has 164 valence electrons. The summed E-state index contributed by atoms with van der Waals surface area (Å²) < 4.78 is 10.8. The van der Waals surface area contributed by atoms with Crippen molar-refractivity contribution in [2.75, 3.05) is 11.9 Å². The molecule has 9 heteroatoms. The van der Waals surface area contributed by atoms with Gasteiger partial charge in [0.15, 0.2) is 6.61 Å². The summed E-state index contributed by atoms with van der Waals surface area (Å²) in [5, 5.41) is 14.1. The summed E-state index contributed by atoms with van der Waals surface area (Å²) in [6.45, 7) is 1.22. The van der Waals surface area contributed by atoms with E-state index in [1.807, 2.05) is 6.07 Å². The van der Waals surface area contributed by atoms with Gasteiger partial charge in [0.2, 0.25) is 0 Å². The van der Waals surface area contributed by atoms with Crippen molar-refractivity contribution in [3.8, 4) is 5.75 Å². The van der Waals surface area contributed by atoms with E-state index in [9.17, 15) is 19.7 Å². The standard InChI is InChI=1S/C23H19ClN2O6/c1-15-10-11-19(20(12-15)26(29)30)25-22(27)14-32-23(28)17-7-3-5-9-21(17)31-13-16-6-2-4-8-18(16)24/h2-12H,13-14H2,1H3,(H,25,27). The number of hydrogen-bond donors (Lipinski definition) is 1. The average molecular weight is 455 g/mol. The molecule has 0 spiro atoms. The Labute approximate surface area is 188 Å². The Bertz CT molecular complexity index is 1160. The molecule has 0 aliphatic heterocycles. The number of amides is 1. The van der Waals surface area contributed by atoms with E-state index in [2.05, 4.69) is 5.32 Å². The van der Waals surface area contributed by atoms with E-state index >= 15 is 0 Å². The molecule has 0 unspecified atom stereocenters. The molecule has 1 amide bonds. The molecule has 0 aromatic heterocycles. The lowest BCUT2D eigenvalue weighted by molar-refractivity contribution is -0.384. The number of para-hydroxylation sites is 1. The lowest BCUT2D eigenvalue weighted by atomic mass is 10.2. The molecule has 0 radical (unpaired) electrons. The Balaban J connectivity index is 1.62. The second-order valence-electron chi connectivity index (χ2n) is 6.78. The molecule has 0 fully saturated rings. The molecule has 0 aliphatic rings. The molecule has 3 aromatic carbocycles. The van der Waals surface area contributed by atoms with Gasteiger partial charge < -0.3 is 14.8 Å². The van der Waals surface area contributed by atoms with E-state index in [0.29, 0.717) is 10.6 Å². The van der Waals surface area contributed by atoms with E-state index in [1.54, 1.807) is 49.4 Å². The Morgan fingerprint density at radius 3 is 2.53 bits per heavy atom. The van der Waals surface area contributed by atoms with Crippen molar-refractivity contribution in [3.63, 3.8) is 0 Å². The topological polar surface area (TPSA) is 108 Å². The fraction of sp³-hybridized carbons (Fsp3) is 0.130. The molecule has 0 heterocycles. The number of halogens is 1. The number of ether oxygens (including phenoxy) is 2. The molecular formula is C23H19ClN2O6. The Morgan fingerprint density at radius 2 is 1.78 bits per heavy atom. The third-order valence-electron chi connectivity index (χ3n) is 4.41. The van der Waals surface area contributed by atoms with Crippen LogP contribution in [0.5, 0.6) is 5.75 Å². The summed E-state index contributed by atoms with van der Waals surface area (Å²) in [7, 11) is 0. The van der Waals surface area contributed by atoms with Crippen molar-refractivity contribution in [2.45, 2.75) is 13.5 Å². The maximum absolute atomic E-state index is 12.5. The molecule has 0 bridgehead atoms. The first-order valence-corrected chi connectivity index (χ1v) is 9.90. The monoisotopic (exact) mass is 454 g/mol. The first kappa shape index (κ1) is 22.8. The normalized spacial score (nSPS) is 10.3. The van der Waals surface area contributed by atoms with Gasteiger partial charge in [0.1, 0.15) is 23.6 Å². The maximum Gasteiger partial charge on any atom is 0.342 e. The second-order valence-corrected chi connectivity index (χ2v) is 7.19. The van der Waals surface area contributed by atoms with Crippen LogP contribution in [0.2, 0.25) is 5.02 Å². The number of esters is 1. The Hall–Kier alpha value is -3.91. The number of nitro groups is 1. The van der Waals surface area contributed by atoms with Crippen LogP contribution in [0, 0.1) is 17.0 Å². The van der Waals surface area contributed by atoms with E-state index < -0.39 is 23.4 Å². The van der Waals surface area contributed by atoms with E-state index in [1.165, 1.54) is 18.2 Å². The number of benzene rings is 3. The van der Waals surface area contributed by atoms with Crippen molar-refractivity contribution in [3.05, 3.63) is 98.6 Å². The molecule has 0 atom stereocenters. The van der Waals surface area contributed by atoms with Crippen molar-refractivity contribution in [1.82, 2.24) is 0 Å².